The van der Waals surface area contributed by atoms with Crippen LogP contribution in [0.25, 0.3) is 0 Å². The van der Waals surface area contributed by atoms with Gasteiger partial charge in [0, 0.05) is 39.0 Å². The molecule has 2 N–H and O–H groups in total. The monoisotopic (exact) mass is 526 g/mol. The van der Waals surface area contributed by atoms with E-state index < -0.39 is 0 Å². The van der Waals surface area contributed by atoms with Crippen molar-refractivity contribution in [1.82, 2.24) is 25.7 Å². The third kappa shape index (κ3) is 7.86. The van der Waals surface area contributed by atoms with Gasteiger partial charge in [0.05, 0.1) is 0 Å². The Morgan fingerprint density at radius 3 is 2.43 bits per heavy atom. The minimum Gasteiger partial charge on any atom is -0.356 e. The van der Waals surface area contributed by atoms with Gasteiger partial charge in [-0.2, -0.15) is 4.98 Å². The van der Waals surface area contributed by atoms with Crippen molar-refractivity contribution in [1.29, 1.82) is 0 Å². The fourth-order valence-electron chi connectivity index (χ4n) is 3.44. The van der Waals surface area contributed by atoms with E-state index in [1.165, 1.54) is 43.5 Å². The van der Waals surface area contributed by atoms with E-state index in [0.717, 1.165) is 24.9 Å². The van der Waals surface area contributed by atoms with Crippen molar-refractivity contribution < 1.29 is 4.52 Å². The second kappa shape index (κ2) is 12.9. The molecule has 0 atom stereocenters. The summed E-state index contributed by atoms with van der Waals surface area (Å²) in [5.41, 5.74) is 2.63. The van der Waals surface area contributed by atoms with Crippen molar-refractivity contribution in [2.75, 3.05) is 26.7 Å². The highest BCUT2D eigenvalue weighted by molar-refractivity contribution is 14.0. The molecule has 1 aromatic heterocycles. The molecule has 1 aliphatic rings. The van der Waals surface area contributed by atoms with E-state index >= 15 is 0 Å². The lowest BCUT2D eigenvalue weighted by molar-refractivity contribution is 0.221. The number of benzene rings is 1. The second-order valence-electron chi connectivity index (χ2n) is 7.96. The minimum absolute atomic E-state index is 0. The van der Waals surface area contributed by atoms with Crippen molar-refractivity contribution >= 4 is 29.9 Å². The lowest BCUT2D eigenvalue weighted by atomic mass is 10.1. The van der Waals surface area contributed by atoms with Crippen LogP contribution in [0.15, 0.2) is 33.8 Å². The van der Waals surface area contributed by atoms with Gasteiger partial charge >= 0.3 is 0 Å². The average Bonchev–Trinajstić information content (AvgIpc) is 3.22. The number of hydrogen-bond donors (Lipinski definition) is 2. The molecule has 0 radical (unpaired) electrons. The maximum atomic E-state index is 5.27. The van der Waals surface area contributed by atoms with Crippen LogP contribution in [0.1, 0.15) is 61.9 Å². The van der Waals surface area contributed by atoms with E-state index in [-0.39, 0.29) is 29.9 Å². The lowest BCUT2D eigenvalue weighted by Gasteiger charge is -2.26. The molecule has 8 heteroatoms. The molecule has 0 saturated carbocycles. The van der Waals surface area contributed by atoms with E-state index in [4.69, 9.17) is 4.52 Å². The molecule has 7 nitrogen and oxygen atoms in total. The molecule has 0 unspecified atom stereocenters. The Labute approximate surface area is 197 Å². The highest BCUT2D eigenvalue weighted by Crippen LogP contribution is 2.13. The van der Waals surface area contributed by atoms with Gasteiger partial charge in [0.25, 0.3) is 0 Å². The van der Waals surface area contributed by atoms with Crippen LogP contribution < -0.4 is 10.6 Å². The highest BCUT2D eigenvalue weighted by atomic mass is 127. The largest absolute Gasteiger partial charge is 0.356 e. The zero-order valence-electron chi connectivity index (χ0n) is 18.4. The Bertz CT molecular complexity index is 768. The summed E-state index contributed by atoms with van der Waals surface area (Å²) in [4.78, 5) is 11.2. The number of likely N-dealkylation sites (tertiary alicyclic amines) is 1. The number of piperidine rings is 1. The van der Waals surface area contributed by atoms with Crippen LogP contribution in [0.2, 0.25) is 0 Å². The molecule has 0 bridgehead atoms. The van der Waals surface area contributed by atoms with Gasteiger partial charge in [-0.1, -0.05) is 49.7 Å². The molecule has 3 rings (SSSR count). The molecule has 0 amide bonds. The fraction of sp³-hybridized carbons (Fsp3) is 0.591. The maximum absolute atomic E-state index is 5.27. The van der Waals surface area contributed by atoms with Crippen LogP contribution >= 0.6 is 24.0 Å². The number of guanidine groups is 1. The average molecular weight is 526 g/mol. The molecule has 1 fully saturated rings. The van der Waals surface area contributed by atoms with Gasteiger partial charge in [0.1, 0.15) is 0 Å². The van der Waals surface area contributed by atoms with Gasteiger partial charge in [-0.25, -0.2) is 0 Å². The van der Waals surface area contributed by atoms with Gasteiger partial charge in [0.2, 0.25) is 5.89 Å². The summed E-state index contributed by atoms with van der Waals surface area (Å²) in [5.74, 6) is 2.46. The van der Waals surface area contributed by atoms with Crippen molar-refractivity contribution in [2.45, 2.75) is 58.5 Å². The first-order chi connectivity index (χ1) is 14.1. The first kappa shape index (κ1) is 24.6. The number of hydrogen-bond acceptors (Lipinski definition) is 5. The SMILES string of the molecule is CN=C(NCCc1nc(C(C)C)no1)NCc1ccc(CN2CCCCC2)cc1.I. The minimum atomic E-state index is 0. The predicted octanol–water partition coefficient (Wildman–Crippen LogP) is 3.70. The van der Waals surface area contributed by atoms with Crippen molar-refractivity contribution in [3.8, 4) is 0 Å². The first-order valence-corrected chi connectivity index (χ1v) is 10.7. The molecule has 1 aliphatic heterocycles. The molecule has 2 heterocycles. The van der Waals surface area contributed by atoms with E-state index in [0.29, 0.717) is 18.9 Å². The number of aromatic nitrogens is 2. The number of rotatable bonds is 8. The molecule has 0 spiro atoms. The molecule has 30 heavy (non-hydrogen) atoms. The Morgan fingerprint density at radius 1 is 1.10 bits per heavy atom. The summed E-state index contributed by atoms with van der Waals surface area (Å²) in [6.45, 7) is 9.06. The van der Waals surface area contributed by atoms with Gasteiger partial charge in [-0.05, 0) is 37.1 Å². The third-order valence-corrected chi connectivity index (χ3v) is 5.19. The standard InChI is InChI=1S/C22H34N6O.HI/c1-17(2)21-26-20(29-27-21)11-12-24-22(23-3)25-15-18-7-9-19(10-8-18)16-28-13-5-4-6-14-28;/h7-10,17H,4-6,11-16H2,1-3H3,(H2,23,24,25);1H. The van der Waals surface area contributed by atoms with Crippen molar-refractivity contribution in [3.63, 3.8) is 0 Å². The van der Waals surface area contributed by atoms with Gasteiger partial charge in [-0.15, -0.1) is 24.0 Å². The second-order valence-corrected chi connectivity index (χ2v) is 7.96. The van der Waals surface area contributed by atoms with Gasteiger partial charge in [0.15, 0.2) is 11.8 Å². The summed E-state index contributed by atoms with van der Waals surface area (Å²) in [5, 5.41) is 10.6. The topological polar surface area (TPSA) is 78.6 Å². The van der Waals surface area contributed by atoms with E-state index in [2.05, 4.69) is 68.8 Å². The van der Waals surface area contributed by atoms with Gasteiger partial charge < -0.3 is 15.2 Å². The van der Waals surface area contributed by atoms with Crippen LogP contribution in [-0.2, 0) is 19.5 Å². The summed E-state index contributed by atoms with van der Waals surface area (Å²) in [7, 11) is 1.78. The summed E-state index contributed by atoms with van der Waals surface area (Å²) >= 11 is 0. The molecule has 166 valence electrons. The van der Waals surface area contributed by atoms with Crippen LogP contribution in [0, 0.1) is 0 Å². The predicted molar refractivity (Wildman–Crippen MR) is 131 cm³/mol. The van der Waals surface area contributed by atoms with Crippen LogP contribution in [0.3, 0.4) is 0 Å². The molecule has 1 saturated heterocycles. The van der Waals surface area contributed by atoms with Crippen molar-refractivity contribution in [3.05, 3.63) is 47.1 Å². The smallest absolute Gasteiger partial charge is 0.228 e. The number of halogens is 1. The molecular weight excluding hydrogens is 491 g/mol. The normalized spacial score (nSPS) is 15.1. The molecular formula is C22H35IN6O. The third-order valence-electron chi connectivity index (χ3n) is 5.19. The number of nitrogens with one attached hydrogen (secondary N) is 2. The Hall–Kier alpha value is -1.68. The zero-order chi connectivity index (χ0) is 20.5. The van der Waals surface area contributed by atoms with E-state index in [9.17, 15) is 0 Å². The number of nitrogens with zero attached hydrogens (tertiary/aromatic N) is 4. The van der Waals surface area contributed by atoms with Crippen LogP contribution in [0.5, 0.6) is 0 Å². The lowest BCUT2D eigenvalue weighted by Crippen LogP contribution is -2.37. The summed E-state index contributed by atoms with van der Waals surface area (Å²) in [6, 6.07) is 8.88. The van der Waals surface area contributed by atoms with E-state index in [1.807, 2.05) is 0 Å². The van der Waals surface area contributed by atoms with E-state index in [1.54, 1.807) is 7.05 Å². The molecule has 2 aromatic rings. The quantitative estimate of drug-likeness (QED) is 0.310. The molecule has 1 aromatic carbocycles. The van der Waals surface area contributed by atoms with Crippen molar-refractivity contribution in [2.24, 2.45) is 4.99 Å². The summed E-state index contributed by atoms with van der Waals surface area (Å²) in [6.07, 6.45) is 4.72. The zero-order valence-corrected chi connectivity index (χ0v) is 20.7. The Kier molecular flexibility index (Phi) is 10.6. The maximum Gasteiger partial charge on any atom is 0.228 e. The van der Waals surface area contributed by atoms with Crippen LogP contribution in [0.4, 0.5) is 0 Å². The fourth-order valence-corrected chi connectivity index (χ4v) is 3.44. The number of aliphatic imine (C=N–C) groups is 1. The highest BCUT2D eigenvalue weighted by Gasteiger charge is 2.11. The molecule has 0 aliphatic carbocycles. The van der Waals surface area contributed by atoms with Gasteiger partial charge in [-0.3, -0.25) is 9.89 Å². The summed E-state index contributed by atoms with van der Waals surface area (Å²) < 4.78 is 5.27. The van der Waals surface area contributed by atoms with Crippen LogP contribution in [-0.4, -0.2) is 47.7 Å². The Morgan fingerprint density at radius 2 is 1.80 bits per heavy atom. The first-order valence-electron chi connectivity index (χ1n) is 10.7. The Balaban J connectivity index is 0.00000320.